The van der Waals surface area contributed by atoms with Crippen LogP contribution in [-0.4, -0.2) is 37.4 Å². The lowest BCUT2D eigenvalue weighted by molar-refractivity contribution is 0.0420. The molecule has 3 nitrogen and oxygen atoms in total. The summed E-state index contributed by atoms with van der Waals surface area (Å²) < 4.78 is 5.45. The Morgan fingerprint density at radius 2 is 2.00 bits per heavy atom. The molecule has 17 heavy (non-hydrogen) atoms. The normalized spacial score (nSPS) is 32.8. The van der Waals surface area contributed by atoms with Crippen molar-refractivity contribution in [3.05, 3.63) is 0 Å². The standard InChI is InChI=1S/C14H28N2O/c1-3-5-14(6-4-9-15-14)12-16-13(2)7-10-17-11-8-13/h15-16H,3-12H2,1-2H3. The molecule has 1 unspecified atom stereocenters. The van der Waals surface area contributed by atoms with Crippen molar-refractivity contribution in [3.8, 4) is 0 Å². The molecule has 2 fully saturated rings. The third kappa shape index (κ3) is 3.43. The maximum atomic E-state index is 5.45. The minimum absolute atomic E-state index is 0.295. The van der Waals surface area contributed by atoms with E-state index in [4.69, 9.17) is 4.74 Å². The summed E-state index contributed by atoms with van der Waals surface area (Å²) in [5.41, 5.74) is 0.666. The number of rotatable bonds is 5. The summed E-state index contributed by atoms with van der Waals surface area (Å²) in [6.45, 7) is 8.79. The lowest BCUT2D eigenvalue weighted by Gasteiger charge is -2.39. The molecule has 0 amide bonds. The molecule has 0 aliphatic carbocycles. The van der Waals surface area contributed by atoms with Gasteiger partial charge in [0.15, 0.2) is 0 Å². The second kappa shape index (κ2) is 5.68. The molecule has 0 radical (unpaired) electrons. The fourth-order valence-electron chi connectivity index (χ4n) is 3.18. The predicted molar refractivity (Wildman–Crippen MR) is 71.3 cm³/mol. The fourth-order valence-corrected chi connectivity index (χ4v) is 3.18. The van der Waals surface area contributed by atoms with Crippen LogP contribution in [0.4, 0.5) is 0 Å². The molecule has 1 atom stereocenters. The smallest absolute Gasteiger partial charge is 0.0483 e. The van der Waals surface area contributed by atoms with Crippen molar-refractivity contribution in [2.45, 2.75) is 63.5 Å². The molecule has 2 heterocycles. The zero-order valence-electron chi connectivity index (χ0n) is 11.5. The monoisotopic (exact) mass is 240 g/mol. The topological polar surface area (TPSA) is 33.3 Å². The number of nitrogens with one attached hydrogen (secondary N) is 2. The molecule has 0 aromatic carbocycles. The first kappa shape index (κ1) is 13.3. The number of hydrogen-bond donors (Lipinski definition) is 2. The van der Waals surface area contributed by atoms with Crippen LogP contribution in [-0.2, 0) is 4.74 Å². The van der Waals surface area contributed by atoms with Crippen molar-refractivity contribution in [1.29, 1.82) is 0 Å². The molecular weight excluding hydrogens is 212 g/mol. The molecule has 2 N–H and O–H groups in total. The average Bonchev–Trinajstić information content (AvgIpc) is 2.78. The van der Waals surface area contributed by atoms with Crippen LogP contribution < -0.4 is 10.6 Å². The third-order valence-corrected chi connectivity index (χ3v) is 4.51. The van der Waals surface area contributed by atoms with Crippen molar-refractivity contribution < 1.29 is 4.74 Å². The largest absolute Gasteiger partial charge is 0.381 e. The molecule has 0 saturated carbocycles. The molecule has 2 saturated heterocycles. The second-order valence-electron chi connectivity index (χ2n) is 6.09. The third-order valence-electron chi connectivity index (χ3n) is 4.51. The van der Waals surface area contributed by atoms with Gasteiger partial charge in [0.2, 0.25) is 0 Å². The van der Waals surface area contributed by atoms with Crippen molar-refractivity contribution in [3.63, 3.8) is 0 Å². The summed E-state index contributed by atoms with van der Waals surface area (Å²) in [4.78, 5) is 0. The Hall–Kier alpha value is -0.120. The van der Waals surface area contributed by atoms with E-state index in [0.29, 0.717) is 11.1 Å². The molecule has 0 aromatic rings. The quantitative estimate of drug-likeness (QED) is 0.772. The lowest BCUT2D eigenvalue weighted by atomic mass is 9.87. The first-order valence-electron chi connectivity index (χ1n) is 7.26. The van der Waals surface area contributed by atoms with Gasteiger partial charge in [-0.05, 0) is 45.6 Å². The van der Waals surface area contributed by atoms with E-state index in [1.165, 1.54) is 32.2 Å². The molecule has 2 aliphatic heterocycles. The Morgan fingerprint density at radius 3 is 2.59 bits per heavy atom. The molecule has 100 valence electrons. The van der Waals surface area contributed by atoms with Crippen LogP contribution in [0.25, 0.3) is 0 Å². The van der Waals surface area contributed by atoms with E-state index in [-0.39, 0.29) is 0 Å². The van der Waals surface area contributed by atoms with Gasteiger partial charge in [-0.3, -0.25) is 0 Å². The summed E-state index contributed by atoms with van der Waals surface area (Å²) in [5, 5.41) is 7.56. The van der Waals surface area contributed by atoms with E-state index in [1.54, 1.807) is 0 Å². The van der Waals surface area contributed by atoms with E-state index in [0.717, 1.165) is 32.6 Å². The molecule has 2 aliphatic rings. The molecular formula is C14H28N2O. The highest BCUT2D eigenvalue weighted by Gasteiger charge is 2.35. The van der Waals surface area contributed by atoms with Gasteiger partial charge < -0.3 is 15.4 Å². The van der Waals surface area contributed by atoms with Crippen LogP contribution in [0.15, 0.2) is 0 Å². The van der Waals surface area contributed by atoms with Gasteiger partial charge in [0.25, 0.3) is 0 Å². The van der Waals surface area contributed by atoms with Gasteiger partial charge >= 0.3 is 0 Å². The van der Waals surface area contributed by atoms with Gasteiger partial charge in [0, 0.05) is 30.8 Å². The average molecular weight is 240 g/mol. The number of hydrogen-bond acceptors (Lipinski definition) is 3. The van der Waals surface area contributed by atoms with Crippen molar-refractivity contribution in [1.82, 2.24) is 10.6 Å². The Morgan fingerprint density at radius 1 is 1.24 bits per heavy atom. The Balaban J connectivity index is 1.86. The summed E-state index contributed by atoms with van der Waals surface area (Å²) in [6, 6.07) is 0. The Bertz CT molecular complexity index is 230. The van der Waals surface area contributed by atoms with Crippen LogP contribution in [0.5, 0.6) is 0 Å². The molecule has 0 bridgehead atoms. The van der Waals surface area contributed by atoms with E-state index >= 15 is 0 Å². The van der Waals surface area contributed by atoms with E-state index in [9.17, 15) is 0 Å². The van der Waals surface area contributed by atoms with Crippen molar-refractivity contribution in [2.75, 3.05) is 26.3 Å². The summed E-state index contributed by atoms with van der Waals surface area (Å²) in [5.74, 6) is 0. The van der Waals surface area contributed by atoms with E-state index in [2.05, 4.69) is 24.5 Å². The predicted octanol–water partition coefficient (Wildman–Crippen LogP) is 2.07. The van der Waals surface area contributed by atoms with Crippen molar-refractivity contribution in [2.24, 2.45) is 0 Å². The fraction of sp³-hybridized carbons (Fsp3) is 1.00. The van der Waals surface area contributed by atoms with Crippen LogP contribution >= 0.6 is 0 Å². The van der Waals surface area contributed by atoms with E-state index < -0.39 is 0 Å². The van der Waals surface area contributed by atoms with Crippen LogP contribution in [0, 0.1) is 0 Å². The van der Waals surface area contributed by atoms with Gasteiger partial charge in [-0.25, -0.2) is 0 Å². The van der Waals surface area contributed by atoms with E-state index in [1.807, 2.05) is 0 Å². The van der Waals surface area contributed by atoms with Gasteiger partial charge in [-0.15, -0.1) is 0 Å². The zero-order valence-corrected chi connectivity index (χ0v) is 11.5. The first-order valence-corrected chi connectivity index (χ1v) is 7.26. The zero-order chi connectivity index (χ0) is 12.2. The van der Waals surface area contributed by atoms with Crippen LogP contribution in [0.2, 0.25) is 0 Å². The van der Waals surface area contributed by atoms with Gasteiger partial charge in [-0.2, -0.15) is 0 Å². The maximum absolute atomic E-state index is 5.45. The van der Waals surface area contributed by atoms with Gasteiger partial charge in [-0.1, -0.05) is 13.3 Å². The number of ether oxygens (including phenoxy) is 1. The highest BCUT2D eigenvalue weighted by Crippen LogP contribution is 2.26. The Kier molecular flexibility index (Phi) is 4.45. The second-order valence-corrected chi connectivity index (χ2v) is 6.09. The summed E-state index contributed by atoms with van der Waals surface area (Å²) >= 11 is 0. The maximum Gasteiger partial charge on any atom is 0.0483 e. The van der Waals surface area contributed by atoms with Crippen LogP contribution in [0.3, 0.4) is 0 Å². The van der Waals surface area contributed by atoms with Gasteiger partial charge in [0.05, 0.1) is 0 Å². The highest BCUT2D eigenvalue weighted by molar-refractivity contribution is 4.97. The van der Waals surface area contributed by atoms with Gasteiger partial charge in [0.1, 0.15) is 0 Å². The highest BCUT2D eigenvalue weighted by atomic mass is 16.5. The minimum atomic E-state index is 0.295. The summed E-state index contributed by atoms with van der Waals surface area (Å²) in [6.07, 6.45) is 7.54. The lowest BCUT2D eigenvalue weighted by Crippen LogP contribution is -2.56. The molecule has 0 spiro atoms. The van der Waals surface area contributed by atoms with Crippen LogP contribution in [0.1, 0.15) is 52.4 Å². The summed E-state index contributed by atoms with van der Waals surface area (Å²) in [7, 11) is 0. The molecule has 3 heteroatoms. The SMILES string of the molecule is CCCC1(CNC2(C)CCOCC2)CCCN1. The molecule has 2 rings (SSSR count). The first-order chi connectivity index (χ1) is 8.18. The minimum Gasteiger partial charge on any atom is -0.381 e. The molecule has 0 aromatic heterocycles. The Labute approximate surface area is 106 Å². The van der Waals surface area contributed by atoms with Crippen molar-refractivity contribution >= 4 is 0 Å².